The molecule has 2 aromatic heterocycles. The van der Waals surface area contributed by atoms with Gasteiger partial charge >= 0.3 is 0 Å². The predicted octanol–water partition coefficient (Wildman–Crippen LogP) is 1.88. The van der Waals surface area contributed by atoms with Crippen LogP contribution in [0.2, 0.25) is 0 Å². The van der Waals surface area contributed by atoms with Crippen molar-refractivity contribution in [1.82, 2.24) is 14.9 Å². The third kappa shape index (κ3) is 3.49. The van der Waals surface area contributed by atoms with Crippen molar-refractivity contribution >= 4 is 21.0 Å². The Labute approximate surface area is 128 Å². The maximum absolute atomic E-state index is 12.1. The van der Waals surface area contributed by atoms with E-state index >= 15 is 0 Å². The first-order chi connectivity index (χ1) is 10.6. The topological polar surface area (TPSA) is 85.1 Å². The zero-order valence-corrected chi connectivity index (χ0v) is 12.6. The summed E-state index contributed by atoms with van der Waals surface area (Å²) in [6.45, 7) is 0.335. The molecule has 1 N–H and O–H groups in total. The summed E-state index contributed by atoms with van der Waals surface area (Å²) in [7, 11) is -3.45. The van der Waals surface area contributed by atoms with Gasteiger partial charge in [0.05, 0.1) is 0 Å². The van der Waals surface area contributed by atoms with E-state index in [1.54, 1.807) is 24.5 Å². The number of pyridine rings is 1. The van der Waals surface area contributed by atoms with E-state index in [9.17, 15) is 8.42 Å². The average molecular weight is 317 g/mol. The molecule has 0 aliphatic carbocycles. The van der Waals surface area contributed by atoms with Gasteiger partial charge in [0, 0.05) is 24.3 Å². The highest BCUT2D eigenvalue weighted by Gasteiger charge is 2.16. The van der Waals surface area contributed by atoms with Gasteiger partial charge in [0.25, 0.3) is 0 Å². The minimum absolute atomic E-state index is 0.194. The smallest absolute Gasteiger partial charge is 0.217 e. The Balaban J connectivity index is 1.64. The Morgan fingerprint density at radius 3 is 2.68 bits per heavy atom. The van der Waals surface area contributed by atoms with Crippen molar-refractivity contribution in [3.05, 3.63) is 60.0 Å². The Kier molecular flexibility index (Phi) is 4.17. The maximum atomic E-state index is 12.1. The van der Waals surface area contributed by atoms with Crippen molar-refractivity contribution in [3.8, 4) is 0 Å². The lowest BCUT2D eigenvalue weighted by molar-refractivity contribution is 0.448. The Hall–Kier alpha value is -2.25. The summed E-state index contributed by atoms with van der Waals surface area (Å²) in [4.78, 5) is 3.92. The molecule has 0 fully saturated rings. The van der Waals surface area contributed by atoms with E-state index in [-0.39, 0.29) is 5.75 Å². The summed E-state index contributed by atoms with van der Waals surface area (Å²) in [5.41, 5.74) is 2.04. The van der Waals surface area contributed by atoms with E-state index < -0.39 is 10.0 Å². The zero-order valence-electron chi connectivity index (χ0n) is 11.8. The first-order valence-electron chi connectivity index (χ1n) is 6.83. The van der Waals surface area contributed by atoms with E-state index in [1.165, 1.54) is 0 Å². The molecule has 0 spiro atoms. The van der Waals surface area contributed by atoms with Gasteiger partial charge in [0.2, 0.25) is 10.0 Å². The number of aromatic nitrogens is 2. The second-order valence-corrected chi connectivity index (χ2v) is 6.69. The molecule has 6 nitrogen and oxygen atoms in total. The maximum Gasteiger partial charge on any atom is 0.217 e. The van der Waals surface area contributed by atoms with E-state index in [0.29, 0.717) is 24.2 Å². The van der Waals surface area contributed by atoms with Gasteiger partial charge in [-0.25, -0.2) is 13.1 Å². The molecule has 0 amide bonds. The van der Waals surface area contributed by atoms with E-state index in [2.05, 4.69) is 14.9 Å². The quantitative estimate of drug-likeness (QED) is 0.750. The van der Waals surface area contributed by atoms with Crippen LogP contribution in [0.1, 0.15) is 11.3 Å². The summed E-state index contributed by atoms with van der Waals surface area (Å²) in [5.74, 6) is -0.194. The fourth-order valence-corrected chi connectivity index (χ4v) is 3.26. The molecule has 0 radical (unpaired) electrons. The van der Waals surface area contributed by atoms with Crippen LogP contribution in [0.25, 0.3) is 11.0 Å². The molecule has 2 heterocycles. The Morgan fingerprint density at radius 2 is 1.86 bits per heavy atom. The summed E-state index contributed by atoms with van der Waals surface area (Å²) >= 11 is 0. The van der Waals surface area contributed by atoms with Crippen LogP contribution >= 0.6 is 0 Å². The van der Waals surface area contributed by atoms with E-state index in [4.69, 9.17) is 4.52 Å². The highest BCUT2D eigenvalue weighted by atomic mass is 32.2. The molecule has 3 aromatic rings. The number of nitrogens with zero attached hydrogens (tertiary/aromatic N) is 2. The predicted molar refractivity (Wildman–Crippen MR) is 82.6 cm³/mol. The van der Waals surface area contributed by atoms with Crippen molar-refractivity contribution in [2.75, 3.05) is 6.54 Å². The SMILES string of the molecule is O=S(=O)(Cc1noc2ccccc12)NCCc1ccncc1. The fourth-order valence-electron chi connectivity index (χ4n) is 2.17. The number of para-hydroxylation sites is 1. The lowest BCUT2D eigenvalue weighted by atomic mass is 10.2. The average Bonchev–Trinajstić information content (AvgIpc) is 2.91. The number of hydrogen-bond donors (Lipinski definition) is 1. The molecule has 7 heteroatoms. The summed E-state index contributed by atoms with van der Waals surface area (Å²) < 4.78 is 32.0. The van der Waals surface area contributed by atoms with Crippen LogP contribution < -0.4 is 4.72 Å². The monoisotopic (exact) mass is 317 g/mol. The molecular formula is C15H15N3O3S. The Morgan fingerprint density at radius 1 is 1.09 bits per heavy atom. The van der Waals surface area contributed by atoms with Crippen molar-refractivity contribution < 1.29 is 12.9 Å². The zero-order chi connectivity index (χ0) is 15.4. The van der Waals surface area contributed by atoms with Crippen molar-refractivity contribution in [1.29, 1.82) is 0 Å². The molecule has 0 aliphatic heterocycles. The van der Waals surface area contributed by atoms with Crippen molar-refractivity contribution in [2.24, 2.45) is 0 Å². The van der Waals surface area contributed by atoms with E-state index in [1.807, 2.05) is 24.3 Å². The van der Waals surface area contributed by atoms with Gasteiger partial charge in [-0.2, -0.15) is 0 Å². The standard InChI is InChI=1S/C15H15N3O3S/c19-22(20,17-10-7-12-5-8-16-9-6-12)11-14-13-3-1-2-4-15(13)21-18-14/h1-6,8-9,17H,7,10-11H2. The molecule has 22 heavy (non-hydrogen) atoms. The number of fused-ring (bicyclic) bond motifs is 1. The number of nitrogens with one attached hydrogen (secondary N) is 1. The normalized spacial score (nSPS) is 11.8. The van der Waals surface area contributed by atoms with Crippen LogP contribution in [-0.2, 0) is 22.2 Å². The van der Waals surface area contributed by atoms with Gasteiger partial charge in [-0.3, -0.25) is 4.98 Å². The second-order valence-electron chi connectivity index (χ2n) is 4.88. The second kappa shape index (κ2) is 6.25. The first-order valence-corrected chi connectivity index (χ1v) is 8.49. The lowest BCUT2D eigenvalue weighted by Crippen LogP contribution is -2.27. The van der Waals surface area contributed by atoms with Crippen molar-refractivity contribution in [3.63, 3.8) is 0 Å². The van der Waals surface area contributed by atoms with Crippen LogP contribution in [0, 0.1) is 0 Å². The fraction of sp³-hybridized carbons (Fsp3) is 0.200. The van der Waals surface area contributed by atoms with Gasteiger partial charge in [0.1, 0.15) is 11.4 Å². The molecule has 0 saturated heterocycles. The minimum atomic E-state index is -3.45. The summed E-state index contributed by atoms with van der Waals surface area (Å²) in [5, 5.41) is 4.57. The van der Waals surface area contributed by atoms with Gasteiger partial charge in [-0.1, -0.05) is 17.3 Å². The third-order valence-electron chi connectivity index (χ3n) is 3.26. The number of hydrogen-bond acceptors (Lipinski definition) is 5. The van der Waals surface area contributed by atoms with Gasteiger partial charge in [-0.15, -0.1) is 0 Å². The molecule has 0 atom stereocenters. The molecular weight excluding hydrogens is 302 g/mol. The first kappa shape index (κ1) is 14.7. The highest BCUT2D eigenvalue weighted by molar-refractivity contribution is 7.88. The minimum Gasteiger partial charge on any atom is -0.356 e. The molecule has 0 aliphatic rings. The van der Waals surface area contributed by atoms with Gasteiger partial charge in [0.15, 0.2) is 5.58 Å². The third-order valence-corrected chi connectivity index (χ3v) is 4.56. The molecule has 0 bridgehead atoms. The summed E-state index contributed by atoms with van der Waals surface area (Å²) in [6.07, 6.45) is 3.98. The lowest BCUT2D eigenvalue weighted by Gasteiger charge is -2.05. The van der Waals surface area contributed by atoms with Crippen LogP contribution in [-0.4, -0.2) is 25.1 Å². The van der Waals surface area contributed by atoms with Crippen LogP contribution in [0.3, 0.4) is 0 Å². The van der Waals surface area contributed by atoms with Crippen molar-refractivity contribution in [2.45, 2.75) is 12.2 Å². The highest BCUT2D eigenvalue weighted by Crippen LogP contribution is 2.19. The molecule has 0 unspecified atom stereocenters. The van der Waals surface area contributed by atoms with Crippen LogP contribution in [0.5, 0.6) is 0 Å². The molecule has 1 aromatic carbocycles. The number of sulfonamides is 1. The molecule has 114 valence electrons. The van der Waals surface area contributed by atoms with Crippen LogP contribution in [0.15, 0.2) is 53.3 Å². The van der Waals surface area contributed by atoms with Gasteiger partial charge < -0.3 is 4.52 Å². The van der Waals surface area contributed by atoms with E-state index in [0.717, 1.165) is 10.9 Å². The Bertz CT molecular complexity index is 860. The number of benzene rings is 1. The molecule has 3 rings (SSSR count). The van der Waals surface area contributed by atoms with Crippen LogP contribution in [0.4, 0.5) is 0 Å². The number of rotatable bonds is 6. The largest absolute Gasteiger partial charge is 0.356 e. The molecule has 0 saturated carbocycles. The van der Waals surface area contributed by atoms with Gasteiger partial charge in [-0.05, 0) is 36.2 Å². The summed E-state index contributed by atoms with van der Waals surface area (Å²) in [6, 6.07) is 10.9.